The normalized spacial score (nSPS) is 9.77. The van der Waals surface area contributed by atoms with Crippen LogP contribution in [0.25, 0.3) is 0 Å². The summed E-state index contributed by atoms with van der Waals surface area (Å²) in [5.74, 6) is 3.79. The van der Waals surface area contributed by atoms with Crippen LogP contribution in [0.2, 0.25) is 0 Å². The Kier molecular flexibility index (Phi) is 9.28. The number of carbonyl (C=O) groups is 2. The lowest BCUT2D eigenvalue weighted by Gasteiger charge is -2.08. The zero-order valence-corrected chi connectivity index (χ0v) is 13.3. The van der Waals surface area contributed by atoms with E-state index in [0.717, 1.165) is 12.1 Å². The lowest BCUT2D eigenvalue weighted by Crippen LogP contribution is -2.21. The summed E-state index contributed by atoms with van der Waals surface area (Å²) in [5, 5.41) is 16.9. The monoisotopic (exact) mass is 305 g/mol. The largest absolute Gasteiger partial charge is 0.481 e. The lowest BCUT2D eigenvalue weighted by molar-refractivity contribution is -0.143. The Morgan fingerprint density at radius 1 is 1.27 bits per heavy atom. The Morgan fingerprint density at radius 2 is 1.95 bits per heavy atom. The highest BCUT2D eigenvalue weighted by molar-refractivity contribution is 5.77. The van der Waals surface area contributed by atoms with Gasteiger partial charge in [-0.25, -0.2) is 0 Å². The smallest absolute Gasteiger partial charge is 0.321 e. The number of nitrogens with zero attached hydrogens (tertiary/aromatic N) is 1. The molecule has 1 aromatic rings. The fourth-order valence-electron chi connectivity index (χ4n) is 1.33. The van der Waals surface area contributed by atoms with Crippen LogP contribution in [-0.4, -0.2) is 27.1 Å². The number of rotatable bonds is 5. The zero-order chi connectivity index (χ0) is 17.0. The summed E-state index contributed by atoms with van der Waals surface area (Å²) in [6.07, 6.45) is 4.04. The summed E-state index contributed by atoms with van der Waals surface area (Å²) >= 11 is 0. The van der Waals surface area contributed by atoms with Crippen LogP contribution < -0.4 is 0 Å². The Hall–Kier alpha value is -2.35. The topological polar surface area (TPSA) is 87.5 Å². The predicted octanol–water partition coefficient (Wildman–Crippen LogP) is 3.00. The van der Waals surface area contributed by atoms with Crippen molar-refractivity contribution in [2.45, 2.75) is 46.5 Å². The van der Waals surface area contributed by atoms with Crippen LogP contribution in [-0.2, 0) is 16.0 Å². The molecule has 0 atom stereocenters. The van der Waals surface area contributed by atoms with E-state index in [2.05, 4.69) is 16.8 Å². The number of carboxylic acids is 2. The fourth-order valence-corrected chi connectivity index (χ4v) is 1.33. The second kappa shape index (κ2) is 10.4. The maximum absolute atomic E-state index is 10.4. The Morgan fingerprint density at radius 3 is 2.41 bits per heavy atom. The Bertz CT molecular complexity index is 527. The minimum absolute atomic E-state index is 0.219. The molecule has 5 nitrogen and oxygen atoms in total. The molecule has 22 heavy (non-hydrogen) atoms. The molecule has 1 rings (SSSR count). The standard InChI is InChI=1S/C9H11NO2.C8H12O2/c11-9(12)6-3-5-8-4-1-2-7-10-8;1-4-5-6-8(2,3)7(9)10/h1-2,4,7H,3,5-6H2,(H,11,12);4H2,1-3H3,(H,9,10). The lowest BCUT2D eigenvalue weighted by atomic mass is 9.95. The summed E-state index contributed by atoms with van der Waals surface area (Å²) in [6.45, 7) is 5.08. The van der Waals surface area contributed by atoms with Crippen molar-refractivity contribution >= 4 is 11.9 Å². The van der Waals surface area contributed by atoms with Gasteiger partial charge in [0, 0.05) is 24.7 Å². The van der Waals surface area contributed by atoms with Gasteiger partial charge in [-0.3, -0.25) is 14.6 Å². The van der Waals surface area contributed by atoms with E-state index in [-0.39, 0.29) is 6.42 Å². The summed E-state index contributed by atoms with van der Waals surface area (Å²) in [5.41, 5.74) is 0.0643. The summed E-state index contributed by atoms with van der Waals surface area (Å²) in [6, 6.07) is 5.66. The van der Waals surface area contributed by atoms with Gasteiger partial charge < -0.3 is 10.2 Å². The van der Waals surface area contributed by atoms with Gasteiger partial charge in [-0.1, -0.05) is 18.9 Å². The second-order valence-electron chi connectivity index (χ2n) is 5.15. The first-order chi connectivity index (χ1) is 10.3. The average Bonchev–Trinajstić information content (AvgIpc) is 2.46. The van der Waals surface area contributed by atoms with Crippen LogP contribution >= 0.6 is 0 Å². The number of hydrogen-bond acceptors (Lipinski definition) is 3. The SMILES string of the molecule is CCC#CC(C)(C)C(=O)O.O=C(O)CCCc1ccccn1. The van der Waals surface area contributed by atoms with Gasteiger partial charge in [0.15, 0.2) is 0 Å². The van der Waals surface area contributed by atoms with Crippen molar-refractivity contribution in [1.82, 2.24) is 4.98 Å². The third-order valence-corrected chi connectivity index (χ3v) is 2.66. The molecule has 0 radical (unpaired) electrons. The van der Waals surface area contributed by atoms with Gasteiger partial charge in [0.05, 0.1) is 0 Å². The van der Waals surface area contributed by atoms with Gasteiger partial charge in [0.25, 0.3) is 0 Å². The van der Waals surface area contributed by atoms with E-state index < -0.39 is 17.4 Å². The quantitative estimate of drug-likeness (QED) is 0.816. The van der Waals surface area contributed by atoms with E-state index in [1.807, 2.05) is 25.1 Å². The number of aryl methyl sites for hydroxylation is 1. The highest BCUT2D eigenvalue weighted by Gasteiger charge is 2.23. The minimum atomic E-state index is -0.893. The van der Waals surface area contributed by atoms with Gasteiger partial charge in [0.1, 0.15) is 5.41 Å². The van der Waals surface area contributed by atoms with Crippen molar-refractivity contribution in [3.63, 3.8) is 0 Å². The molecule has 2 N–H and O–H groups in total. The van der Waals surface area contributed by atoms with Crippen molar-refractivity contribution < 1.29 is 19.8 Å². The van der Waals surface area contributed by atoms with E-state index in [1.54, 1.807) is 20.0 Å². The molecule has 0 unspecified atom stereocenters. The first-order valence-electron chi connectivity index (χ1n) is 7.14. The molecule has 1 aromatic heterocycles. The molecule has 0 amide bonds. The molecule has 0 bridgehead atoms. The molecule has 120 valence electrons. The second-order valence-corrected chi connectivity index (χ2v) is 5.15. The predicted molar refractivity (Wildman–Crippen MR) is 84.3 cm³/mol. The van der Waals surface area contributed by atoms with Crippen LogP contribution in [0, 0.1) is 17.3 Å². The molecule has 0 aliphatic heterocycles. The first-order valence-corrected chi connectivity index (χ1v) is 7.14. The van der Waals surface area contributed by atoms with E-state index >= 15 is 0 Å². The van der Waals surface area contributed by atoms with Crippen molar-refractivity contribution in [2.75, 3.05) is 0 Å². The van der Waals surface area contributed by atoms with Gasteiger partial charge in [-0.05, 0) is 38.8 Å². The first kappa shape index (κ1) is 19.7. The molecule has 5 heteroatoms. The molecule has 0 saturated heterocycles. The van der Waals surface area contributed by atoms with Gasteiger partial charge in [-0.2, -0.15) is 0 Å². The molecule has 0 aromatic carbocycles. The van der Waals surface area contributed by atoms with Crippen molar-refractivity contribution in [3.05, 3.63) is 30.1 Å². The number of aliphatic carboxylic acids is 2. The third-order valence-electron chi connectivity index (χ3n) is 2.66. The minimum Gasteiger partial charge on any atom is -0.481 e. The molecular formula is C17H23NO4. The number of aromatic nitrogens is 1. The molecule has 1 heterocycles. The number of pyridine rings is 1. The van der Waals surface area contributed by atoms with Gasteiger partial charge >= 0.3 is 11.9 Å². The zero-order valence-electron chi connectivity index (χ0n) is 13.3. The van der Waals surface area contributed by atoms with E-state index in [4.69, 9.17) is 10.2 Å². The molecule has 0 aliphatic rings. The number of hydrogen-bond donors (Lipinski definition) is 2. The molecule has 0 spiro atoms. The molecule has 0 saturated carbocycles. The van der Waals surface area contributed by atoms with E-state index in [9.17, 15) is 9.59 Å². The molecule has 0 fully saturated rings. The van der Waals surface area contributed by atoms with Crippen molar-refractivity contribution in [1.29, 1.82) is 0 Å². The Labute approximate surface area is 131 Å². The number of carboxylic acid groups (broad SMARTS) is 2. The van der Waals surface area contributed by atoms with Crippen LogP contribution in [0.5, 0.6) is 0 Å². The molecular weight excluding hydrogens is 282 g/mol. The molecule has 0 aliphatic carbocycles. The summed E-state index contributed by atoms with van der Waals surface area (Å²) in [4.78, 5) is 24.7. The van der Waals surface area contributed by atoms with Crippen LogP contribution in [0.1, 0.15) is 45.7 Å². The van der Waals surface area contributed by atoms with Crippen LogP contribution in [0.3, 0.4) is 0 Å². The van der Waals surface area contributed by atoms with Crippen LogP contribution in [0.4, 0.5) is 0 Å². The highest BCUT2D eigenvalue weighted by atomic mass is 16.4. The maximum Gasteiger partial charge on any atom is 0.321 e. The van der Waals surface area contributed by atoms with E-state index in [1.165, 1.54) is 0 Å². The van der Waals surface area contributed by atoms with Crippen molar-refractivity contribution in [3.8, 4) is 11.8 Å². The third kappa shape index (κ3) is 9.54. The van der Waals surface area contributed by atoms with Gasteiger partial charge in [-0.15, -0.1) is 5.92 Å². The average molecular weight is 305 g/mol. The van der Waals surface area contributed by atoms with Gasteiger partial charge in [0.2, 0.25) is 0 Å². The summed E-state index contributed by atoms with van der Waals surface area (Å²) in [7, 11) is 0. The highest BCUT2D eigenvalue weighted by Crippen LogP contribution is 2.12. The fraction of sp³-hybridized carbons (Fsp3) is 0.471. The maximum atomic E-state index is 10.4. The van der Waals surface area contributed by atoms with Crippen molar-refractivity contribution in [2.24, 2.45) is 5.41 Å². The Balaban J connectivity index is 0.000000409. The summed E-state index contributed by atoms with van der Waals surface area (Å²) < 4.78 is 0. The van der Waals surface area contributed by atoms with Crippen LogP contribution in [0.15, 0.2) is 24.4 Å². The van der Waals surface area contributed by atoms with E-state index in [0.29, 0.717) is 12.8 Å².